The summed E-state index contributed by atoms with van der Waals surface area (Å²) >= 11 is 1.38. The Morgan fingerprint density at radius 2 is 1.84 bits per heavy atom. The van der Waals surface area contributed by atoms with Crippen LogP contribution in [0, 0.1) is 0 Å². The number of thiophene rings is 1. The Balaban J connectivity index is 1.79. The molecule has 134 valence electrons. The number of carbonyl (C=O) groups is 1. The second-order valence-corrected chi connectivity index (χ2v) is 7.66. The van der Waals surface area contributed by atoms with Gasteiger partial charge in [0.2, 0.25) is 0 Å². The molecule has 0 bridgehead atoms. The van der Waals surface area contributed by atoms with Crippen LogP contribution in [0.2, 0.25) is 0 Å². The van der Waals surface area contributed by atoms with E-state index in [0.29, 0.717) is 10.6 Å². The lowest BCUT2D eigenvalue weighted by molar-refractivity contribution is 0.0214. The van der Waals surface area contributed by atoms with E-state index < -0.39 is 0 Å². The van der Waals surface area contributed by atoms with Gasteiger partial charge in [0.05, 0.1) is 6.10 Å². The molecular formula is C20H25NO3S. The highest BCUT2D eigenvalue weighted by Gasteiger charge is 2.24. The predicted octanol–water partition coefficient (Wildman–Crippen LogP) is 5.27. The molecule has 1 aromatic heterocycles. The van der Waals surface area contributed by atoms with Gasteiger partial charge in [0.15, 0.2) is 0 Å². The third-order valence-corrected chi connectivity index (χ3v) is 5.20. The van der Waals surface area contributed by atoms with E-state index >= 15 is 0 Å². The molecule has 4 nitrogen and oxygen atoms in total. The van der Waals surface area contributed by atoms with Gasteiger partial charge in [-0.05, 0) is 57.2 Å². The van der Waals surface area contributed by atoms with Crippen LogP contribution in [0.5, 0.6) is 5.75 Å². The van der Waals surface area contributed by atoms with E-state index in [1.807, 2.05) is 43.5 Å². The molecule has 25 heavy (non-hydrogen) atoms. The van der Waals surface area contributed by atoms with Crippen LogP contribution in [-0.4, -0.2) is 18.2 Å². The molecule has 0 radical (unpaired) electrons. The van der Waals surface area contributed by atoms with Crippen LogP contribution in [0.25, 0.3) is 11.1 Å². The van der Waals surface area contributed by atoms with Crippen LogP contribution in [0.3, 0.4) is 0 Å². The molecule has 3 rings (SSSR count). The number of nitrogen functional groups attached to an aromatic ring is 1. The molecular weight excluding hydrogens is 334 g/mol. The molecule has 0 atom stereocenters. The Bertz CT molecular complexity index is 715. The number of hydrogen-bond acceptors (Lipinski definition) is 5. The summed E-state index contributed by atoms with van der Waals surface area (Å²) in [6.07, 6.45) is 5.53. The van der Waals surface area contributed by atoms with E-state index in [4.69, 9.17) is 15.2 Å². The van der Waals surface area contributed by atoms with E-state index in [0.717, 1.165) is 42.6 Å². The lowest BCUT2D eigenvalue weighted by atomic mass is 9.97. The van der Waals surface area contributed by atoms with E-state index in [2.05, 4.69) is 0 Å². The molecule has 0 aliphatic heterocycles. The molecule has 1 fully saturated rings. The second kappa shape index (κ2) is 7.91. The zero-order valence-corrected chi connectivity index (χ0v) is 15.6. The fourth-order valence-electron chi connectivity index (χ4n) is 3.17. The second-order valence-electron chi connectivity index (χ2n) is 6.74. The number of rotatable bonds is 5. The van der Waals surface area contributed by atoms with Crippen molar-refractivity contribution in [3.8, 4) is 16.9 Å². The summed E-state index contributed by atoms with van der Waals surface area (Å²) in [5, 5.41) is 2.43. The molecule has 1 aliphatic rings. The van der Waals surface area contributed by atoms with Gasteiger partial charge in [0, 0.05) is 10.9 Å². The number of nitrogens with two attached hydrogens (primary N) is 1. The zero-order valence-electron chi connectivity index (χ0n) is 14.8. The van der Waals surface area contributed by atoms with Crippen molar-refractivity contribution in [2.45, 2.75) is 58.2 Å². The largest absolute Gasteiger partial charge is 0.491 e. The molecule has 5 heteroatoms. The Hall–Kier alpha value is -2.01. The Kier molecular flexibility index (Phi) is 5.63. The van der Waals surface area contributed by atoms with Gasteiger partial charge in [-0.25, -0.2) is 4.79 Å². The van der Waals surface area contributed by atoms with Gasteiger partial charge in [-0.15, -0.1) is 11.3 Å². The summed E-state index contributed by atoms with van der Waals surface area (Å²) in [5.74, 6) is 0.511. The van der Waals surface area contributed by atoms with E-state index in [9.17, 15) is 4.79 Å². The summed E-state index contributed by atoms with van der Waals surface area (Å²) in [7, 11) is 0. The maximum atomic E-state index is 12.7. The number of anilines is 1. The number of ether oxygens (including phenoxy) is 2. The first kappa shape index (κ1) is 17.8. The SMILES string of the molecule is CC(C)Oc1ccc(-c2csc(N)c2C(=O)OC2CCCCC2)cc1. The van der Waals surface area contributed by atoms with E-state index in [1.165, 1.54) is 17.8 Å². The average Bonchev–Trinajstić information content (AvgIpc) is 2.97. The maximum absolute atomic E-state index is 12.7. The molecule has 1 aromatic carbocycles. The van der Waals surface area contributed by atoms with Crippen molar-refractivity contribution < 1.29 is 14.3 Å². The molecule has 0 saturated heterocycles. The molecule has 1 aliphatic carbocycles. The van der Waals surface area contributed by atoms with Crippen LogP contribution >= 0.6 is 11.3 Å². The molecule has 0 amide bonds. The van der Waals surface area contributed by atoms with Gasteiger partial charge in [-0.3, -0.25) is 0 Å². The number of carbonyl (C=O) groups excluding carboxylic acids is 1. The molecule has 0 unspecified atom stereocenters. The monoisotopic (exact) mass is 359 g/mol. The van der Waals surface area contributed by atoms with Crippen molar-refractivity contribution in [3.05, 3.63) is 35.2 Å². The van der Waals surface area contributed by atoms with E-state index in [-0.39, 0.29) is 18.2 Å². The topological polar surface area (TPSA) is 61.5 Å². The first-order valence-corrected chi connectivity index (χ1v) is 9.77. The summed E-state index contributed by atoms with van der Waals surface area (Å²) in [6, 6.07) is 7.74. The minimum absolute atomic E-state index is 0.0233. The van der Waals surface area contributed by atoms with Gasteiger partial charge < -0.3 is 15.2 Å². The normalized spacial score (nSPS) is 15.3. The van der Waals surface area contributed by atoms with E-state index in [1.54, 1.807) is 0 Å². The highest BCUT2D eigenvalue weighted by atomic mass is 32.1. The lowest BCUT2D eigenvalue weighted by Gasteiger charge is -2.22. The van der Waals surface area contributed by atoms with Crippen LogP contribution in [-0.2, 0) is 4.74 Å². The van der Waals surface area contributed by atoms with Crippen molar-refractivity contribution in [2.24, 2.45) is 0 Å². The van der Waals surface area contributed by atoms with Crippen LogP contribution < -0.4 is 10.5 Å². The van der Waals surface area contributed by atoms with Crippen molar-refractivity contribution >= 4 is 22.3 Å². The summed E-state index contributed by atoms with van der Waals surface area (Å²) < 4.78 is 11.4. The fraction of sp³-hybridized carbons (Fsp3) is 0.450. The molecule has 2 N–H and O–H groups in total. The maximum Gasteiger partial charge on any atom is 0.342 e. The van der Waals surface area contributed by atoms with Crippen LogP contribution in [0.1, 0.15) is 56.3 Å². The van der Waals surface area contributed by atoms with Crippen molar-refractivity contribution in [3.63, 3.8) is 0 Å². The van der Waals surface area contributed by atoms with Gasteiger partial charge in [-0.2, -0.15) is 0 Å². The molecule has 1 saturated carbocycles. The Morgan fingerprint density at radius 1 is 1.16 bits per heavy atom. The lowest BCUT2D eigenvalue weighted by Crippen LogP contribution is -2.21. The van der Waals surface area contributed by atoms with Gasteiger partial charge >= 0.3 is 5.97 Å². The Morgan fingerprint density at radius 3 is 2.48 bits per heavy atom. The summed E-state index contributed by atoms with van der Waals surface area (Å²) in [6.45, 7) is 3.99. The first-order chi connectivity index (χ1) is 12.0. The quantitative estimate of drug-likeness (QED) is 0.738. The Labute approximate surface area is 153 Å². The standard InChI is InChI=1S/C20H25NO3S/c1-13(2)23-16-10-8-14(9-11-16)17-12-25-19(21)18(17)20(22)24-15-6-4-3-5-7-15/h8-13,15H,3-7,21H2,1-2H3. The number of hydrogen-bond donors (Lipinski definition) is 1. The first-order valence-electron chi connectivity index (χ1n) is 8.89. The zero-order chi connectivity index (χ0) is 17.8. The minimum atomic E-state index is -0.303. The summed E-state index contributed by atoms with van der Waals surface area (Å²) in [4.78, 5) is 12.7. The van der Waals surface area contributed by atoms with Crippen molar-refractivity contribution in [2.75, 3.05) is 5.73 Å². The summed E-state index contributed by atoms with van der Waals surface area (Å²) in [5.41, 5.74) is 8.34. The highest BCUT2D eigenvalue weighted by Crippen LogP contribution is 2.35. The number of benzene rings is 1. The van der Waals surface area contributed by atoms with Crippen LogP contribution in [0.15, 0.2) is 29.6 Å². The minimum Gasteiger partial charge on any atom is -0.491 e. The highest BCUT2D eigenvalue weighted by molar-refractivity contribution is 7.14. The third kappa shape index (κ3) is 4.34. The average molecular weight is 359 g/mol. The van der Waals surface area contributed by atoms with Gasteiger partial charge in [0.25, 0.3) is 0 Å². The van der Waals surface area contributed by atoms with Gasteiger partial charge in [0.1, 0.15) is 22.4 Å². The van der Waals surface area contributed by atoms with Crippen molar-refractivity contribution in [1.29, 1.82) is 0 Å². The van der Waals surface area contributed by atoms with Gasteiger partial charge in [-0.1, -0.05) is 18.6 Å². The smallest absolute Gasteiger partial charge is 0.342 e. The third-order valence-electron chi connectivity index (χ3n) is 4.39. The number of esters is 1. The fourth-order valence-corrected chi connectivity index (χ4v) is 3.98. The molecule has 0 spiro atoms. The molecule has 2 aromatic rings. The molecule has 1 heterocycles. The van der Waals surface area contributed by atoms with Crippen LogP contribution in [0.4, 0.5) is 5.00 Å². The van der Waals surface area contributed by atoms with Crippen molar-refractivity contribution in [1.82, 2.24) is 0 Å². The predicted molar refractivity (Wildman–Crippen MR) is 102 cm³/mol.